The number of amides is 3. The summed E-state index contributed by atoms with van der Waals surface area (Å²) in [5, 5.41) is 5.87. The first-order chi connectivity index (χ1) is 19.0. The summed E-state index contributed by atoms with van der Waals surface area (Å²) in [5.41, 5.74) is -0.529. The normalized spacial score (nSPS) is 23.4. The van der Waals surface area contributed by atoms with Crippen LogP contribution in [0.2, 0.25) is 0 Å². The van der Waals surface area contributed by atoms with E-state index in [1.165, 1.54) is 18.6 Å². The minimum atomic E-state index is -0.838. The van der Waals surface area contributed by atoms with Crippen LogP contribution in [0.15, 0.2) is 18.6 Å². The fourth-order valence-electron chi connectivity index (χ4n) is 6.18. The summed E-state index contributed by atoms with van der Waals surface area (Å²) in [6.07, 6.45) is 11.8. The SMILES string of the molecule is CC(C)[C@H](NC(=O)[C@@H](NC(=O)c1cnccn1)C1CCCCC1)C(=O)N1CC[C@H](C2CC2)[C@H]1C(=O)OC(C)(C)C. The van der Waals surface area contributed by atoms with E-state index in [1.807, 2.05) is 34.6 Å². The van der Waals surface area contributed by atoms with Crippen LogP contribution in [0.1, 0.15) is 96.5 Å². The van der Waals surface area contributed by atoms with E-state index < -0.39 is 29.6 Å². The number of nitrogens with one attached hydrogen (secondary N) is 2. The number of hydrogen-bond acceptors (Lipinski definition) is 7. The van der Waals surface area contributed by atoms with Crippen LogP contribution < -0.4 is 10.6 Å². The van der Waals surface area contributed by atoms with Crippen LogP contribution >= 0.6 is 0 Å². The number of likely N-dealkylation sites (tertiary alicyclic amines) is 1. The molecule has 1 aromatic rings. The van der Waals surface area contributed by atoms with Gasteiger partial charge in [-0.2, -0.15) is 0 Å². The fourth-order valence-corrected chi connectivity index (χ4v) is 6.18. The van der Waals surface area contributed by atoms with Gasteiger partial charge in [0.2, 0.25) is 11.8 Å². The summed E-state index contributed by atoms with van der Waals surface area (Å²) in [7, 11) is 0. The zero-order valence-corrected chi connectivity index (χ0v) is 24.5. The van der Waals surface area contributed by atoms with E-state index >= 15 is 0 Å². The quantitative estimate of drug-likeness (QED) is 0.447. The third-order valence-corrected chi connectivity index (χ3v) is 8.32. The van der Waals surface area contributed by atoms with Gasteiger partial charge in [0.25, 0.3) is 5.91 Å². The van der Waals surface area contributed by atoms with Crippen LogP contribution in [0.3, 0.4) is 0 Å². The molecule has 2 N–H and O–H groups in total. The number of carbonyl (C=O) groups is 4. The summed E-state index contributed by atoms with van der Waals surface area (Å²) in [6, 6.07) is -2.29. The standard InChI is InChI=1S/C30H45N5O5/c1-18(2)23(28(38)35-16-13-21(19-11-12-19)25(35)29(39)40-30(3,4)5)33-27(37)24(20-9-7-6-8-10-20)34-26(36)22-17-31-14-15-32-22/h14-15,17-21,23-25H,6-13,16H2,1-5H3,(H,33,37)(H,34,36)/t21-,23+,24+,25+/m1/s1. The van der Waals surface area contributed by atoms with Gasteiger partial charge in [0.1, 0.15) is 29.4 Å². The summed E-state index contributed by atoms with van der Waals surface area (Å²) in [6.45, 7) is 9.71. The Hall–Kier alpha value is -3.04. The van der Waals surface area contributed by atoms with Crippen LogP contribution in [-0.2, 0) is 19.1 Å². The average Bonchev–Trinajstić information content (AvgIpc) is 3.67. The Balaban J connectivity index is 1.53. The maximum atomic E-state index is 14.0. The molecule has 0 spiro atoms. The summed E-state index contributed by atoms with van der Waals surface area (Å²) in [5.74, 6) is -1.27. The zero-order valence-electron chi connectivity index (χ0n) is 24.5. The molecule has 0 aromatic carbocycles. The molecular weight excluding hydrogens is 510 g/mol. The molecule has 10 heteroatoms. The highest BCUT2D eigenvalue weighted by molar-refractivity contribution is 5.97. The van der Waals surface area contributed by atoms with E-state index in [0.717, 1.165) is 51.4 Å². The van der Waals surface area contributed by atoms with Gasteiger partial charge in [0, 0.05) is 18.9 Å². The van der Waals surface area contributed by atoms with Crippen molar-refractivity contribution < 1.29 is 23.9 Å². The highest BCUT2D eigenvalue weighted by Crippen LogP contribution is 2.45. The second-order valence-electron chi connectivity index (χ2n) is 13.0. The Kier molecular flexibility index (Phi) is 9.46. The van der Waals surface area contributed by atoms with Crippen molar-refractivity contribution in [3.63, 3.8) is 0 Å². The molecule has 1 aliphatic heterocycles. The first-order valence-corrected chi connectivity index (χ1v) is 14.9. The number of aromatic nitrogens is 2. The third kappa shape index (κ3) is 7.37. The van der Waals surface area contributed by atoms with E-state index in [4.69, 9.17) is 4.74 Å². The van der Waals surface area contributed by atoms with Crippen molar-refractivity contribution in [1.82, 2.24) is 25.5 Å². The number of rotatable bonds is 9. The van der Waals surface area contributed by atoms with Crippen LogP contribution in [0, 0.1) is 23.7 Å². The molecule has 10 nitrogen and oxygen atoms in total. The summed E-state index contributed by atoms with van der Waals surface area (Å²) in [4.78, 5) is 63.8. The van der Waals surface area contributed by atoms with Crippen LogP contribution in [0.25, 0.3) is 0 Å². The number of hydrogen-bond donors (Lipinski definition) is 2. The minimum absolute atomic E-state index is 0.0437. The van der Waals surface area contributed by atoms with Gasteiger partial charge in [-0.05, 0) is 76.5 Å². The highest BCUT2D eigenvalue weighted by atomic mass is 16.6. The van der Waals surface area contributed by atoms with E-state index in [9.17, 15) is 19.2 Å². The molecule has 3 fully saturated rings. The first-order valence-electron chi connectivity index (χ1n) is 14.9. The Morgan fingerprint density at radius 2 is 1.68 bits per heavy atom. The monoisotopic (exact) mass is 555 g/mol. The lowest BCUT2D eigenvalue weighted by Crippen LogP contribution is -2.59. The van der Waals surface area contributed by atoms with Gasteiger partial charge in [-0.1, -0.05) is 33.1 Å². The Labute approximate surface area is 237 Å². The molecule has 1 saturated heterocycles. The number of ether oxygens (including phenoxy) is 1. The first kappa shape index (κ1) is 29.9. The number of esters is 1. The molecule has 2 saturated carbocycles. The van der Waals surface area contributed by atoms with Crippen LogP contribution in [-0.4, -0.2) is 68.8 Å². The summed E-state index contributed by atoms with van der Waals surface area (Å²) >= 11 is 0. The zero-order chi connectivity index (χ0) is 29.0. The Bertz CT molecular complexity index is 1060. The maximum absolute atomic E-state index is 14.0. The maximum Gasteiger partial charge on any atom is 0.329 e. The fraction of sp³-hybridized carbons (Fsp3) is 0.733. The van der Waals surface area contributed by atoms with Gasteiger partial charge in [0.05, 0.1) is 6.20 Å². The van der Waals surface area contributed by atoms with Gasteiger partial charge < -0.3 is 20.3 Å². The smallest absolute Gasteiger partial charge is 0.329 e. The van der Waals surface area contributed by atoms with Crippen molar-refractivity contribution in [2.24, 2.45) is 23.7 Å². The highest BCUT2D eigenvalue weighted by Gasteiger charge is 2.51. The van der Waals surface area contributed by atoms with Crippen molar-refractivity contribution in [3.8, 4) is 0 Å². The topological polar surface area (TPSA) is 131 Å². The van der Waals surface area contributed by atoms with Gasteiger partial charge >= 0.3 is 5.97 Å². The number of carbonyl (C=O) groups excluding carboxylic acids is 4. The molecule has 40 heavy (non-hydrogen) atoms. The summed E-state index contributed by atoms with van der Waals surface area (Å²) < 4.78 is 5.76. The van der Waals surface area contributed by atoms with Crippen molar-refractivity contribution in [2.75, 3.05) is 6.54 Å². The van der Waals surface area contributed by atoms with Gasteiger partial charge in [0.15, 0.2) is 0 Å². The molecule has 2 aliphatic carbocycles. The average molecular weight is 556 g/mol. The van der Waals surface area contributed by atoms with Gasteiger partial charge in [-0.25, -0.2) is 9.78 Å². The molecule has 4 atom stereocenters. The van der Waals surface area contributed by atoms with Gasteiger partial charge in [-0.3, -0.25) is 19.4 Å². The second kappa shape index (κ2) is 12.6. The Morgan fingerprint density at radius 1 is 0.975 bits per heavy atom. The molecule has 3 aliphatic rings. The molecule has 1 aromatic heterocycles. The minimum Gasteiger partial charge on any atom is -0.458 e. The lowest BCUT2D eigenvalue weighted by atomic mass is 9.83. The second-order valence-corrected chi connectivity index (χ2v) is 13.0. The van der Waals surface area contributed by atoms with E-state index in [1.54, 1.807) is 4.90 Å². The van der Waals surface area contributed by atoms with Crippen LogP contribution in [0.4, 0.5) is 0 Å². The molecule has 3 amide bonds. The van der Waals surface area contributed by atoms with Crippen molar-refractivity contribution in [1.29, 1.82) is 0 Å². The largest absolute Gasteiger partial charge is 0.458 e. The van der Waals surface area contributed by atoms with E-state index in [-0.39, 0.29) is 41.2 Å². The van der Waals surface area contributed by atoms with E-state index in [0.29, 0.717) is 12.5 Å². The predicted octanol–water partition coefficient (Wildman–Crippen LogP) is 3.26. The van der Waals surface area contributed by atoms with Crippen molar-refractivity contribution >= 4 is 23.7 Å². The molecule has 220 valence electrons. The third-order valence-electron chi connectivity index (χ3n) is 8.32. The van der Waals surface area contributed by atoms with Gasteiger partial charge in [-0.15, -0.1) is 0 Å². The Morgan fingerprint density at radius 3 is 2.25 bits per heavy atom. The van der Waals surface area contributed by atoms with Crippen molar-refractivity contribution in [3.05, 3.63) is 24.3 Å². The molecule has 0 bridgehead atoms. The van der Waals surface area contributed by atoms with Crippen molar-refractivity contribution in [2.45, 2.75) is 110 Å². The number of nitrogens with zero attached hydrogens (tertiary/aromatic N) is 3. The molecule has 0 unspecified atom stereocenters. The molecular formula is C30H45N5O5. The molecule has 4 rings (SSSR count). The predicted molar refractivity (Wildman–Crippen MR) is 149 cm³/mol. The molecule has 2 heterocycles. The lowest BCUT2D eigenvalue weighted by Gasteiger charge is -2.35. The van der Waals surface area contributed by atoms with Crippen LogP contribution in [0.5, 0.6) is 0 Å². The van der Waals surface area contributed by atoms with E-state index in [2.05, 4.69) is 20.6 Å². The molecule has 0 radical (unpaired) electrons. The lowest BCUT2D eigenvalue weighted by molar-refractivity contribution is -0.165.